The molecule has 0 saturated carbocycles. The van der Waals surface area contributed by atoms with Crippen LogP contribution in [0.3, 0.4) is 0 Å². The van der Waals surface area contributed by atoms with E-state index in [0.29, 0.717) is 25.1 Å². The Morgan fingerprint density at radius 3 is 2.00 bits per heavy atom. The summed E-state index contributed by atoms with van der Waals surface area (Å²) in [4.78, 5) is 28.3. The Morgan fingerprint density at radius 1 is 0.946 bits per heavy atom. The first-order valence-corrected chi connectivity index (χ1v) is 14.8. The van der Waals surface area contributed by atoms with Crippen molar-refractivity contribution in [2.24, 2.45) is 0 Å². The van der Waals surface area contributed by atoms with Crippen LogP contribution in [0.15, 0.2) is 48.5 Å². The number of hydrogen-bond acceptors (Lipinski definition) is 4. The molecule has 0 unspecified atom stereocenters. The lowest BCUT2D eigenvalue weighted by Crippen LogP contribution is -2.53. The molecule has 2 aromatic rings. The van der Waals surface area contributed by atoms with Gasteiger partial charge in [-0.15, -0.1) is 0 Å². The Kier molecular flexibility index (Phi) is 10.7. The first-order valence-electron chi connectivity index (χ1n) is 13.0. The van der Waals surface area contributed by atoms with Gasteiger partial charge in [0, 0.05) is 25.0 Å². The molecular formula is C29H43N3O4S. The molecule has 1 atom stereocenters. The summed E-state index contributed by atoms with van der Waals surface area (Å²) in [6.07, 6.45) is 2.98. The van der Waals surface area contributed by atoms with Crippen LogP contribution in [0.25, 0.3) is 0 Å². The zero-order valence-corrected chi connectivity index (χ0v) is 24.2. The van der Waals surface area contributed by atoms with Crippen molar-refractivity contribution in [3.63, 3.8) is 0 Å². The topological polar surface area (TPSA) is 86.8 Å². The van der Waals surface area contributed by atoms with Crippen molar-refractivity contribution in [3.05, 3.63) is 65.2 Å². The highest BCUT2D eigenvalue weighted by molar-refractivity contribution is 7.92. The lowest BCUT2D eigenvalue weighted by molar-refractivity contribution is -0.142. The summed E-state index contributed by atoms with van der Waals surface area (Å²) in [6, 6.07) is 14.7. The molecule has 0 saturated heterocycles. The molecule has 7 nitrogen and oxygen atoms in total. The van der Waals surface area contributed by atoms with E-state index in [-0.39, 0.29) is 24.8 Å². The second kappa shape index (κ2) is 13.1. The fourth-order valence-electron chi connectivity index (χ4n) is 4.16. The van der Waals surface area contributed by atoms with Crippen molar-refractivity contribution in [2.45, 2.75) is 85.4 Å². The molecule has 2 rings (SSSR count). The third-order valence-electron chi connectivity index (χ3n) is 6.14. The number of hydrogen-bond donors (Lipinski definition) is 1. The SMILES string of the molecule is CCc1ccc(N(CCCC(=O)N(Cc2ccc(C)cc2)[C@H](CC)C(=O)NC(C)(C)C)S(C)(=O)=O)cc1. The lowest BCUT2D eigenvalue weighted by atomic mass is 10.0. The minimum Gasteiger partial charge on any atom is -0.350 e. The summed E-state index contributed by atoms with van der Waals surface area (Å²) in [5.41, 5.74) is 3.34. The quantitative estimate of drug-likeness (QED) is 0.427. The van der Waals surface area contributed by atoms with Crippen molar-refractivity contribution in [3.8, 4) is 0 Å². The molecule has 0 radical (unpaired) electrons. The van der Waals surface area contributed by atoms with Gasteiger partial charge in [-0.3, -0.25) is 13.9 Å². The van der Waals surface area contributed by atoms with Crippen molar-refractivity contribution in [2.75, 3.05) is 17.1 Å². The molecular weight excluding hydrogens is 486 g/mol. The number of nitrogens with zero attached hydrogens (tertiary/aromatic N) is 2. The van der Waals surface area contributed by atoms with Crippen LogP contribution in [0.4, 0.5) is 5.69 Å². The first kappa shape index (κ1) is 30.4. The Hall–Kier alpha value is -2.87. The van der Waals surface area contributed by atoms with Crippen molar-refractivity contribution < 1.29 is 18.0 Å². The van der Waals surface area contributed by atoms with Crippen LogP contribution in [0.1, 0.15) is 70.6 Å². The van der Waals surface area contributed by atoms with Gasteiger partial charge in [-0.2, -0.15) is 0 Å². The molecule has 8 heteroatoms. The largest absolute Gasteiger partial charge is 0.350 e. The average molecular weight is 530 g/mol. The number of anilines is 1. The highest BCUT2D eigenvalue weighted by Crippen LogP contribution is 2.21. The van der Waals surface area contributed by atoms with Gasteiger partial charge in [-0.25, -0.2) is 8.42 Å². The van der Waals surface area contributed by atoms with Gasteiger partial charge >= 0.3 is 0 Å². The Labute approximate surface area is 223 Å². The van der Waals surface area contributed by atoms with Crippen LogP contribution in [-0.2, 0) is 32.6 Å². The number of aryl methyl sites for hydroxylation is 2. The minimum atomic E-state index is -3.52. The highest BCUT2D eigenvalue weighted by atomic mass is 32.2. The van der Waals surface area contributed by atoms with Gasteiger partial charge in [0.15, 0.2) is 0 Å². The molecule has 0 aliphatic heterocycles. The fraction of sp³-hybridized carbons (Fsp3) is 0.517. The van der Waals surface area contributed by atoms with Gasteiger partial charge in [0.1, 0.15) is 6.04 Å². The Morgan fingerprint density at radius 2 is 1.51 bits per heavy atom. The summed E-state index contributed by atoms with van der Waals surface area (Å²) in [7, 11) is -3.52. The van der Waals surface area contributed by atoms with E-state index in [1.807, 2.05) is 77.9 Å². The zero-order chi connectivity index (χ0) is 27.8. The number of sulfonamides is 1. The van der Waals surface area contributed by atoms with Crippen molar-refractivity contribution in [1.82, 2.24) is 10.2 Å². The molecule has 204 valence electrons. The highest BCUT2D eigenvalue weighted by Gasteiger charge is 2.30. The predicted octanol–water partition coefficient (Wildman–Crippen LogP) is 4.83. The van der Waals surface area contributed by atoms with Crippen LogP contribution >= 0.6 is 0 Å². The molecule has 2 amide bonds. The van der Waals surface area contributed by atoms with E-state index < -0.39 is 21.6 Å². The maximum absolute atomic E-state index is 13.5. The maximum atomic E-state index is 13.5. The van der Waals surface area contributed by atoms with Gasteiger partial charge in [-0.05, 0) is 70.2 Å². The third-order valence-corrected chi connectivity index (χ3v) is 7.34. The average Bonchev–Trinajstić information content (AvgIpc) is 2.81. The normalized spacial score (nSPS) is 12.6. The Balaban J connectivity index is 2.22. The number of carbonyl (C=O) groups excluding carboxylic acids is 2. The van der Waals surface area contributed by atoms with Crippen LogP contribution in [0.2, 0.25) is 0 Å². The Bertz CT molecular complexity index is 1140. The smallest absolute Gasteiger partial charge is 0.243 e. The van der Waals surface area contributed by atoms with Crippen LogP contribution in [0.5, 0.6) is 0 Å². The van der Waals surface area contributed by atoms with Gasteiger partial charge in [0.25, 0.3) is 0 Å². The zero-order valence-electron chi connectivity index (χ0n) is 23.4. The van der Waals surface area contributed by atoms with Crippen LogP contribution in [0, 0.1) is 6.92 Å². The second-order valence-electron chi connectivity index (χ2n) is 10.6. The minimum absolute atomic E-state index is 0.129. The second-order valence-corrected chi connectivity index (χ2v) is 12.5. The molecule has 0 aliphatic rings. The lowest BCUT2D eigenvalue weighted by Gasteiger charge is -2.33. The van der Waals surface area contributed by atoms with Crippen molar-refractivity contribution >= 4 is 27.5 Å². The number of nitrogens with one attached hydrogen (secondary N) is 1. The fourth-order valence-corrected chi connectivity index (χ4v) is 5.13. The van der Waals surface area contributed by atoms with E-state index in [0.717, 1.165) is 23.1 Å². The number of benzene rings is 2. The summed E-state index contributed by atoms with van der Waals surface area (Å²) >= 11 is 0. The van der Waals surface area contributed by atoms with E-state index in [1.54, 1.807) is 17.0 Å². The summed E-state index contributed by atoms with van der Waals surface area (Å²) in [5.74, 6) is -0.365. The summed E-state index contributed by atoms with van der Waals surface area (Å²) in [5, 5.41) is 3.01. The molecule has 1 N–H and O–H groups in total. The van der Waals surface area contributed by atoms with E-state index in [9.17, 15) is 18.0 Å². The molecule has 0 aliphatic carbocycles. The van der Waals surface area contributed by atoms with E-state index >= 15 is 0 Å². The molecule has 37 heavy (non-hydrogen) atoms. The van der Waals surface area contributed by atoms with E-state index in [2.05, 4.69) is 5.32 Å². The summed E-state index contributed by atoms with van der Waals surface area (Å²) < 4.78 is 26.4. The van der Waals surface area contributed by atoms with Gasteiger partial charge in [-0.1, -0.05) is 55.8 Å². The van der Waals surface area contributed by atoms with Crippen molar-refractivity contribution in [1.29, 1.82) is 0 Å². The molecule has 0 spiro atoms. The van der Waals surface area contributed by atoms with E-state index in [4.69, 9.17) is 0 Å². The number of carbonyl (C=O) groups is 2. The number of rotatable bonds is 12. The molecule has 0 heterocycles. The monoisotopic (exact) mass is 529 g/mol. The van der Waals surface area contributed by atoms with Crippen LogP contribution < -0.4 is 9.62 Å². The van der Waals surface area contributed by atoms with Gasteiger partial charge < -0.3 is 10.2 Å². The standard InChI is InChI=1S/C29H43N3O4S/c1-8-23-16-18-25(19-17-23)32(37(7,35)36)20-10-11-27(33)31(21-24-14-12-22(3)13-15-24)26(9-2)28(34)30-29(4,5)6/h12-19,26H,8-11,20-21H2,1-7H3,(H,30,34)/t26-/m1/s1. The van der Waals surface area contributed by atoms with E-state index in [1.165, 1.54) is 10.6 Å². The number of amides is 2. The van der Waals surface area contributed by atoms with Gasteiger partial charge in [0.05, 0.1) is 11.9 Å². The molecule has 0 fully saturated rings. The van der Waals surface area contributed by atoms with Gasteiger partial charge in [0.2, 0.25) is 21.8 Å². The predicted molar refractivity (Wildman–Crippen MR) is 151 cm³/mol. The first-order chi connectivity index (χ1) is 17.2. The summed E-state index contributed by atoms with van der Waals surface area (Å²) in [6.45, 7) is 12.2. The molecule has 2 aromatic carbocycles. The third kappa shape index (κ3) is 9.50. The molecule has 0 aromatic heterocycles. The van der Waals surface area contributed by atoms with Crippen LogP contribution in [-0.4, -0.2) is 49.5 Å². The maximum Gasteiger partial charge on any atom is 0.243 e. The molecule has 0 bridgehead atoms.